The Bertz CT molecular complexity index is 550. The van der Waals surface area contributed by atoms with E-state index in [0.717, 1.165) is 9.88 Å². The van der Waals surface area contributed by atoms with Gasteiger partial charge in [-0.05, 0) is 17.9 Å². The van der Waals surface area contributed by atoms with Crippen LogP contribution in [0.1, 0.15) is 16.1 Å². The van der Waals surface area contributed by atoms with E-state index < -0.39 is 0 Å². The molecule has 1 saturated heterocycles. The molecule has 1 atom stereocenters. The Morgan fingerprint density at radius 2 is 2.44 bits per heavy atom. The maximum Gasteiger partial charge on any atom is 0.265 e. The summed E-state index contributed by atoms with van der Waals surface area (Å²) in [6.07, 6.45) is 1.92. The van der Waals surface area contributed by atoms with E-state index in [1.807, 2.05) is 17.5 Å². The number of rotatable bonds is 2. The van der Waals surface area contributed by atoms with Crippen molar-refractivity contribution in [1.29, 1.82) is 0 Å². The lowest BCUT2D eigenvalue weighted by Crippen LogP contribution is -2.28. The minimum Gasteiger partial charge on any atom is -0.391 e. The predicted molar refractivity (Wildman–Crippen MR) is 72.0 cm³/mol. The van der Waals surface area contributed by atoms with Crippen LogP contribution in [0.25, 0.3) is 9.88 Å². The number of carbonyl (C=O) groups excluding carboxylic acids is 1. The van der Waals surface area contributed by atoms with Crippen molar-refractivity contribution in [1.82, 2.24) is 9.88 Å². The Morgan fingerprint density at radius 3 is 3.11 bits per heavy atom. The zero-order valence-corrected chi connectivity index (χ0v) is 11.2. The molecule has 0 saturated carbocycles. The second-order valence-electron chi connectivity index (χ2n) is 4.20. The number of likely N-dealkylation sites (tertiary alicyclic amines) is 1. The molecule has 1 amide bonds. The standard InChI is InChI=1S/C12H12N2O2S2/c15-8-3-4-14(7-8)12(16)10-6-13-11(18-10)9-2-1-5-17-9/h1-2,5-6,8,15H,3-4,7H2/t8-/m1/s1. The molecule has 2 aromatic rings. The maximum absolute atomic E-state index is 12.2. The van der Waals surface area contributed by atoms with Crippen LogP contribution in [0.3, 0.4) is 0 Å². The van der Waals surface area contributed by atoms with Gasteiger partial charge >= 0.3 is 0 Å². The quantitative estimate of drug-likeness (QED) is 0.916. The Morgan fingerprint density at radius 1 is 1.56 bits per heavy atom. The first kappa shape index (κ1) is 11.8. The molecule has 0 unspecified atom stereocenters. The maximum atomic E-state index is 12.2. The van der Waals surface area contributed by atoms with E-state index in [2.05, 4.69) is 4.98 Å². The molecule has 0 radical (unpaired) electrons. The molecule has 2 aromatic heterocycles. The first-order valence-electron chi connectivity index (χ1n) is 5.71. The highest BCUT2D eigenvalue weighted by molar-refractivity contribution is 7.21. The fourth-order valence-electron chi connectivity index (χ4n) is 1.97. The summed E-state index contributed by atoms with van der Waals surface area (Å²) >= 11 is 3.03. The molecule has 3 rings (SSSR count). The largest absolute Gasteiger partial charge is 0.391 e. The van der Waals surface area contributed by atoms with Gasteiger partial charge in [-0.15, -0.1) is 22.7 Å². The Kier molecular flexibility index (Phi) is 3.15. The molecule has 1 N–H and O–H groups in total. The summed E-state index contributed by atoms with van der Waals surface area (Å²) in [6.45, 7) is 1.07. The number of nitrogens with zero attached hydrogens (tertiary/aromatic N) is 2. The van der Waals surface area contributed by atoms with Crippen LogP contribution in [0.4, 0.5) is 0 Å². The lowest BCUT2D eigenvalue weighted by atomic mass is 10.3. The van der Waals surface area contributed by atoms with E-state index in [9.17, 15) is 9.90 Å². The third kappa shape index (κ3) is 2.19. The van der Waals surface area contributed by atoms with Gasteiger partial charge in [0.2, 0.25) is 0 Å². The van der Waals surface area contributed by atoms with Crippen molar-refractivity contribution in [3.8, 4) is 9.88 Å². The highest BCUT2D eigenvalue weighted by Crippen LogP contribution is 2.29. The monoisotopic (exact) mass is 280 g/mol. The Balaban J connectivity index is 1.79. The first-order valence-corrected chi connectivity index (χ1v) is 7.40. The lowest BCUT2D eigenvalue weighted by molar-refractivity contribution is 0.0769. The number of thiophene rings is 1. The van der Waals surface area contributed by atoms with Gasteiger partial charge in [0.25, 0.3) is 5.91 Å². The second-order valence-corrected chi connectivity index (χ2v) is 6.18. The number of carbonyl (C=O) groups is 1. The third-order valence-electron chi connectivity index (χ3n) is 2.90. The van der Waals surface area contributed by atoms with Crippen molar-refractivity contribution >= 4 is 28.6 Å². The number of aromatic nitrogens is 1. The van der Waals surface area contributed by atoms with Crippen LogP contribution in [0, 0.1) is 0 Å². The van der Waals surface area contributed by atoms with Crippen molar-refractivity contribution in [2.75, 3.05) is 13.1 Å². The second kappa shape index (κ2) is 4.79. The molecular formula is C12H12N2O2S2. The van der Waals surface area contributed by atoms with E-state index in [1.165, 1.54) is 11.3 Å². The number of aliphatic hydroxyl groups is 1. The zero-order chi connectivity index (χ0) is 12.5. The fraction of sp³-hybridized carbons (Fsp3) is 0.333. The summed E-state index contributed by atoms with van der Waals surface area (Å²) in [5.74, 6) is -0.0214. The molecule has 4 nitrogen and oxygen atoms in total. The predicted octanol–water partition coefficient (Wildman–Crippen LogP) is 2.08. The Hall–Kier alpha value is -1.24. The normalized spacial score (nSPS) is 19.4. The average Bonchev–Trinajstić information content (AvgIpc) is 3.09. The number of β-amino-alcohol motifs (C(OH)–C–C–N with tert-alkyl or cyclic N) is 1. The van der Waals surface area contributed by atoms with Crippen molar-refractivity contribution in [2.24, 2.45) is 0 Å². The van der Waals surface area contributed by atoms with Gasteiger partial charge in [0.15, 0.2) is 0 Å². The molecule has 1 fully saturated rings. The molecule has 94 valence electrons. The van der Waals surface area contributed by atoms with Crippen molar-refractivity contribution < 1.29 is 9.90 Å². The molecule has 0 bridgehead atoms. The zero-order valence-electron chi connectivity index (χ0n) is 9.57. The molecule has 0 aliphatic carbocycles. The van der Waals surface area contributed by atoms with Crippen molar-refractivity contribution in [2.45, 2.75) is 12.5 Å². The summed E-state index contributed by atoms with van der Waals surface area (Å²) in [5.41, 5.74) is 0. The van der Waals surface area contributed by atoms with E-state index in [-0.39, 0.29) is 12.0 Å². The van der Waals surface area contributed by atoms with E-state index in [0.29, 0.717) is 24.4 Å². The van der Waals surface area contributed by atoms with Gasteiger partial charge in [-0.25, -0.2) is 4.98 Å². The van der Waals surface area contributed by atoms with Crippen molar-refractivity contribution in [3.05, 3.63) is 28.6 Å². The van der Waals surface area contributed by atoms with Crippen LogP contribution in [0.2, 0.25) is 0 Å². The SMILES string of the molecule is O=C(c1cnc(-c2cccs2)s1)N1CC[C@@H](O)C1. The van der Waals surface area contributed by atoms with E-state index in [1.54, 1.807) is 22.4 Å². The molecule has 6 heteroatoms. The summed E-state index contributed by atoms with van der Waals surface area (Å²) in [6, 6.07) is 3.97. The minimum atomic E-state index is -0.376. The molecular weight excluding hydrogens is 268 g/mol. The smallest absolute Gasteiger partial charge is 0.265 e. The van der Waals surface area contributed by atoms with Gasteiger partial charge in [0, 0.05) is 13.1 Å². The molecule has 18 heavy (non-hydrogen) atoms. The van der Waals surface area contributed by atoms with Crippen molar-refractivity contribution in [3.63, 3.8) is 0 Å². The summed E-state index contributed by atoms with van der Waals surface area (Å²) in [4.78, 5) is 19.9. The Labute approximate surface area is 113 Å². The van der Waals surface area contributed by atoms with E-state index in [4.69, 9.17) is 0 Å². The lowest BCUT2D eigenvalue weighted by Gasteiger charge is -2.13. The first-order chi connectivity index (χ1) is 8.74. The number of amides is 1. The molecule has 1 aliphatic rings. The topological polar surface area (TPSA) is 53.4 Å². The van der Waals surface area contributed by atoms with Crippen LogP contribution in [0.5, 0.6) is 0 Å². The van der Waals surface area contributed by atoms with Gasteiger partial charge in [0.05, 0.1) is 17.2 Å². The number of hydrogen-bond acceptors (Lipinski definition) is 5. The van der Waals surface area contributed by atoms with Crippen LogP contribution in [-0.2, 0) is 0 Å². The highest BCUT2D eigenvalue weighted by atomic mass is 32.1. The summed E-state index contributed by atoms with van der Waals surface area (Å²) in [7, 11) is 0. The van der Waals surface area contributed by atoms with Gasteiger partial charge in [-0.3, -0.25) is 4.79 Å². The van der Waals surface area contributed by atoms with Gasteiger partial charge < -0.3 is 10.0 Å². The average molecular weight is 280 g/mol. The molecule has 3 heterocycles. The number of aliphatic hydroxyl groups excluding tert-OH is 1. The van der Waals surface area contributed by atoms with Gasteiger partial charge in [-0.1, -0.05) is 6.07 Å². The van der Waals surface area contributed by atoms with Crippen LogP contribution in [-0.4, -0.2) is 40.1 Å². The van der Waals surface area contributed by atoms with Gasteiger partial charge in [-0.2, -0.15) is 0 Å². The van der Waals surface area contributed by atoms with Gasteiger partial charge in [0.1, 0.15) is 9.88 Å². The fourth-order valence-corrected chi connectivity index (χ4v) is 3.66. The number of thiazole rings is 1. The highest BCUT2D eigenvalue weighted by Gasteiger charge is 2.26. The molecule has 0 aromatic carbocycles. The summed E-state index contributed by atoms with van der Waals surface area (Å²) < 4.78 is 0. The van der Waals surface area contributed by atoms with E-state index >= 15 is 0 Å². The number of hydrogen-bond donors (Lipinski definition) is 1. The molecule has 0 spiro atoms. The summed E-state index contributed by atoms with van der Waals surface area (Å²) in [5, 5.41) is 12.3. The van der Waals surface area contributed by atoms with Crippen LogP contribution < -0.4 is 0 Å². The molecule has 1 aliphatic heterocycles. The minimum absolute atomic E-state index is 0.0214. The van der Waals surface area contributed by atoms with Crippen LogP contribution in [0.15, 0.2) is 23.7 Å². The third-order valence-corrected chi connectivity index (χ3v) is 4.92. The van der Waals surface area contributed by atoms with Crippen LogP contribution >= 0.6 is 22.7 Å².